The fraction of sp³-hybridized carbons (Fsp3) is 0.500. The molecule has 2 unspecified atom stereocenters. The van der Waals surface area contributed by atoms with Gasteiger partial charge in [-0.1, -0.05) is 0 Å². The summed E-state index contributed by atoms with van der Waals surface area (Å²) < 4.78 is 38.4. The molecule has 4 N–H and O–H groups in total. The van der Waals surface area contributed by atoms with Crippen molar-refractivity contribution in [3.8, 4) is 0 Å². The minimum atomic E-state index is -5.17. The maximum Gasteiger partial charge on any atom is 2.00 e. The summed E-state index contributed by atoms with van der Waals surface area (Å²) in [6.45, 7) is -0.671. The molecule has 0 bridgehead atoms. The van der Waals surface area contributed by atoms with Crippen LogP contribution in [0.4, 0.5) is 0 Å². The molecule has 12 heteroatoms. The summed E-state index contributed by atoms with van der Waals surface area (Å²) >= 11 is 0. The Balaban J connectivity index is 0. The van der Waals surface area contributed by atoms with E-state index in [0.29, 0.717) is 0 Å². The van der Waals surface area contributed by atoms with Crippen molar-refractivity contribution >= 4 is 16.4 Å². The second-order valence-electron chi connectivity index (χ2n) is 2.72. The topological polar surface area (TPSA) is 187 Å². The zero-order valence-corrected chi connectivity index (χ0v) is 10.1. The molecule has 0 amide bonds. The van der Waals surface area contributed by atoms with Gasteiger partial charge < -0.3 is 34.3 Å². The van der Waals surface area contributed by atoms with Gasteiger partial charge in [0.25, 0.3) is 0 Å². The summed E-state index contributed by atoms with van der Waals surface area (Å²) in [7, 11) is -5.17. The van der Waals surface area contributed by atoms with Gasteiger partial charge in [0.2, 0.25) is 5.76 Å². The molecule has 0 fully saturated rings. The van der Waals surface area contributed by atoms with Crippen LogP contribution in [0.2, 0.25) is 0 Å². The number of rotatable bonds is 2. The van der Waals surface area contributed by atoms with Gasteiger partial charge in [-0.25, -0.2) is 4.79 Å². The smallest absolute Gasteiger partial charge is 0.759 e. The van der Waals surface area contributed by atoms with E-state index in [1.54, 1.807) is 0 Å². The van der Waals surface area contributed by atoms with Gasteiger partial charge in [0, 0.05) is 10.4 Å². The quantitative estimate of drug-likeness (QED) is 0.178. The van der Waals surface area contributed by atoms with E-state index in [4.69, 9.17) is 37.9 Å². The molecule has 109 valence electrons. The largest absolute Gasteiger partial charge is 2.00 e. The SMILES string of the molecule is O=C1OC(C(O)CO)C(O)=C1O.O=S(=O)([O-])[O-].[Cu+2]. The molecule has 1 rings (SSSR count). The van der Waals surface area contributed by atoms with Gasteiger partial charge in [0.1, 0.15) is 6.10 Å². The van der Waals surface area contributed by atoms with E-state index in [1.807, 2.05) is 0 Å². The normalized spacial score (nSPS) is 20.4. The number of aliphatic hydroxyl groups is 4. The zero-order valence-electron chi connectivity index (χ0n) is 8.31. The second-order valence-corrected chi connectivity index (χ2v) is 3.53. The van der Waals surface area contributed by atoms with E-state index in [2.05, 4.69) is 4.74 Å². The Morgan fingerprint density at radius 2 is 1.72 bits per heavy atom. The number of esters is 1. The average molecular weight is 336 g/mol. The molecule has 1 aliphatic heterocycles. The number of cyclic esters (lactones) is 1. The van der Waals surface area contributed by atoms with Crippen molar-refractivity contribution in [2.45, 2.75) is 12.2 Å². The van der Waals surface area contributed by atoms with E-state index in [9.17, 15) is 4.79 Å². The second kappa shape index (κ2) is 7.53. The first-order chi connectivity index (χ1) is 7.57. The molecule has 10 nitrogen and oxygen atoms in total. The number of carbonyl (C=O) groups is 1. The van der Waals surface area contributed by atoms with Crippen LogP contribution in [-0.4, -0.2) is 62.7 Å². The van der Waals surface area contributed by atoms with Gasteiger partial charge in [-0.15, -0.1) is 0 Å². The van der Waals surface area contributed by atoms with Crippen molar-refractivity contribution in [1.29, 1.82) is 0 Å². The van der Waals surface area contributed by atoms with Crippen molar-refractivity contribution in [2.75, 3.05) is 6.61 Å². The molecule has 0 aliphatic carbocycles. The standard InChI is InChI=1S/C6H8O6.Cu.H2O4S/c7-1-2(8)5-3(9)4(10)6(11)12-5;;1-5(2,3)4/h2,5,7-10H,1H2;;(H2,1,2,3,4)/q;+2;/p-2. The molecule has 1 heterocycles. The van der Waals surface area contributed by atoms with Crippen LogP contribution in [-0.2, 0) is 37.0 Å². The molecule has 0 aromatic rings. The van der Waals surface area contributed by atoms with E-state index < -0.39 is 46.7 Å². The molecule has 2 atom stereocenters. The number of hydrogen-bond acceptors (Lipinski definition) is 10. The fourth-order valence-corrected chi connectivity index (χ4v) is 0.823. The van der Waals surface area contributed by atoms with Gasteiger partial charge in [-0.05, 0) is 0 Å². The van der Waals surface area contributed by atoms with Gasteiger partial charge in [-0.3, -0.25) is 8.42 Å². The minimum absolute atomic E-state index is 0. The molecule has 0 spiro atoms. The summed E-state index contributed by atoms with van der Waals surface area (Å²) in [5, 5.41) is 35.0. The number of hydrogen-bond donors (Lipinski definition) is 4. The molecule has 0 aromatic carbocycles. The number of carbonyl (C=O) groups excluding carboxylic acids is 1. The van der Waals surface area contributed by atoms with E-state index >= 15 is 0 Å². The predicted octanol–water partition coefficient (Wildman–Crippen LogP) is -2.75. The third kappa shape index (κ3) is 6.76. The Labute approximate surface area is 112 Å². The molecule has 18 heavy (non-hydrogen) atoms. The first kappa shape index (κ1) is 19.5. The molecule has 1 aliphatic rings. The first-order valence-corrected chi connectivity index (χ1v) is 5.20. The maximum atomic E-state index is 10.5. The summed E-state index contributed by atoms with van der Waals surface area (Å²) in [4.78, 5) is 10.5. The fourth-order valence-electron chi connectivity index (χ4n) is 0.823. The Hall–Kier alpha value is -0.881. The van der Waals surface area contributed by atoms with Gasteiger partial charge in [0.05, 0.1) is 6.61 Å². The zero-order chi connectivity index (χ0) is 13.8. The minimum Gasteiger partial charge on any atom is -0.759 e. The van der Waals surface area contributed by atoms with Crippen molar-refractivity contribution in [2.24, 2.45) is 0 Å². The summed E-state index contributed by atoms with van der Waals surface area (Å²) in [6, 6.07) is 0. The Kier molecular flexibility index (Phi) is 8.14. The number of aliphatic hydroxyl groups excluding tert-OH is 4. The van der Waals surface area contributed by atoms with Gasteiger partial charge in [-0.2, -0.15) is 0 Å². The molecular weight excluding hydrogens is 328 g/mol. The monoisotopic (exact) mass is 335 g/mol. The molecular formula is C6H8CuO10S. The van der Waals surface area contributed by atoms with E-state index in [1.165, 1.54) is 0 Å². The Bertz CT molecular complexity index is 406. The van der Waals surface area contributed by atoms with Crippen LogP contribution in [0, 0.1) is 0 Å². The molecule has 0 saturated carbocycles. The van der Waals surface area contributed by atoms with Crippen LogP contribution in [0.15, 0.2) is 11.5 Å². The van der Waals surface area contributed by atoms with E-state index in [0.717, 1.165) is 0 Å². The van der Waals surface area contributed by atoms with Crippen molar-refractivity contribution in [3.63, 3.8) is 0 Å². The van der Waals surface area contributed by atoms with Crippen LogP contribution < -0.4 is 0 Å². The Morgan fingerprint density at radius 3 is 1.94 bits per heavy atom. The maximum absolute atomic E-state index is 10.5. The molecule has 0 aromatic heterocycles. The van der Waals surface area contributed by atoms with Crippen LogP contribution in [0.5, 0.6) is 0 Å². The third-order valence-corrected chi connectivity index (χ3v) is 1.48. The first-order valence-electron chi connectivity index (χ1n) is 3.86. The summed E-state index contributed by atoms with van der Waals surface area (Å²) in [6.07, 6.45) is -2.78. The molecule has 0 saturated heterocycles. The van der Waals surface area contributed by atoms with Crippen LogP contribution in [0.1, 0.15) is 0 Å². The van der Waals surface area contributed by atoms with Gasteiger partial charge in [0.15, 0.2) is 11.9 Å². The van der Waals surface area contributed by atoms with Crippen molar-refractivity contribution in [1.82, 2.24) is 0 Å². The predicted molar refractivity (Wildman–Crippen MR) is 45.7 cm³/mol. The number of ether oxygens (including phenoxy) is 1. The van der Waals surface area contributed by atoms with E-state index in [-0.39, 0.29) is 17.1 Å². The summed E-state index contributed by atoms with van der Waals surface area (Å²) in [5.41, 5.74) is 0. The van der Waals surface area contributed by atoms with Crippen LogP contribution >= 0.6 is 0 Å². The van der Waals surface area contributed by atoms with Crippen LogP contribution in [0.25, 0.3) is 0 Å². The third-order valence-electron chi connectivity index (χ3n) is 1.48. The van der Waals surface area contributed by atoms with Gasteiger partial charge >= 0.3 is 23.0 Å². The van der Waals surface area contributed by atoms with Crippen LogP contribution in [0.3, 0.4) is 0 Å². The van der Waals surface area contributed by atoms with Crippen molar-refractivity contribution in [3.05, 3.63) is 11.5 Å². The average Bonchev–Trinajstić information content (AvgIpc) is 2.42. The summed E-state index contributed by atoms with van der Waals surface area (Å²) in [5.74, 6) is -2.78. The Morgan fingerprint density at radius 1 is 1.33 bits per heavy atom. The molecule has 1 radical (unpaired) electrons. The van der Waals surface area contributed by atoms with Crippen molar-refractivity contribution < 1.29 is 64.5 Å².